The Labute approximate surface area is 142 Å². The highest BCUT2D eigenvalue weighted by atomic mass is 16.5. The zero-order valence-corrected chi connectivity index (χ0v) is 14.4. The minimum absolute atomic E-state index is 0.261. The van der Waals surface area contributed by atoms with E-state index in [1.165, 1.54) is 4.90 Å². The summed E-state index contributed by atoms with van der Waals surface area (Å²) in [5.41, 5.74) is 4.25. The number of carbonyl (C=O) groups excluding carboxylic acids is 2. The van der Waals surface area contributed by atoms with E-state index < -0.39 is 5.97 Å². The van der Waals surface area contributed by atoms with Gasteiger partial charge >= 0.3 is 5.97 Å². The Balaban J connectivity index is 2.19. The molecule has 0 aliphatic heterocycles. The van der Waals surface area contributed by atoms with Crippen LogP contribution in [0.1, 0.15) is 21.5 Å². The molecule has 0 unspecified atom stereocenters. The summed E-state index contributed by atoms with van der Waals surface area (Å²) >= 11 is 0. The Bertz CT molecular complexity index is 754. The van der Waals surface area contributed by atoms with Crippen molar-refractivity contribution in [1.82, 2.24) is 4.90 Å². The minimum Gasteiger partial charge on any atom is -0.452 e. The Hall–Kier alpha value is -2.82. The van der Waals surface area contributed by atoms with E-state index in [0.717, 1.165) is 16.8 Å². The van der Waals surface area contributed by atoms with Crippen LogP contribution in [-0.2, 0) is 9.53 Å². The first kappa shape index (κ1) is 17.5. The fraction of sp³-hybridized carbons (Fsp3) is 0.263. The zero-order valence-electron chi connectivity index (χ0n) is 14.4. The van der Waals surface area contributed by atoms with Crippen molar-refractivity contribution in [3.63, 3.8) is 0 Å². The van der Waals surface area contributed by atoms with Gasteiger partial charge in [-0.3, -0.25) is 4.79 Å². The molecular weight excluding hydrogens is 304 g/mol. The number of para-hydroxylation sites is 1. The van der Waals surface area contributed by atoms with Crippen molar-refractivity contribution in [3.8, 4) is 0 Å². The zero-order chi connectivity index (χ0) is 17.7. The third kappa shape index (κ3) is 4.13. The highest BCUT2D eigenvalue weighted by Crippen LogP contribution is 2.25. The monoisotopic (exact) mass is 326 g/mol. The summed E-state index contributed by atoms with van der Waals surface area (Å²) in [5.74, 6) is -0.790. The van der Waals surface area contributed by atoms with Gasteiger partial charge in [-0.2, -0.15) is 0 Å². The van der Waals surface area contributed by atoms with Crippen LogP contribution in [0, 0.1) is 13.8 Å². The fourth-order valence-corrected chi connectivity index (χ4v) is 2.14. The lowest BCUT2D eigenvalue weighted by Gasteiger charge is -2.15. The van der Waals surface area contributed by atoms with Crippen molar-refractivity contribution in [2.45, 2.75) is 13.8 Å². The van der Waals surface area contributed by atoms with Gasteiger partial charge in [0.25, 0.3) is 5.91 Å². The molecule has 0 heterocycles. The number of benzene rings is 2. The van der Waals surface area contributed by atoms with Crippen molar-refractivity contribution < 1.29 is 14.3 Å². The van der Waals surface area contributed by atoms with Gasteiger partial charge in [-0.25, -0.2) is 4.79 Å². The number of nitrogens with one attached hydrogen (secondary N) is 1. The third-order valence-corrected chi connectivity index (χ3v) is 3.85. The molecule has 24 heavy (non-hydrogen) atoms. The number of nitrogens with zero attached hydrogens (tertiary/aromatic N) is 1. The van der Waals surface area contributed by atoms with Gasteiger partial charge in [0.15, 0.2) is 6.61 Å². The van der Waals surface area contributed by atoms with Crippen LogP contribution in [-0.4, -0.2) is 37.5 Å². The Morgan fingerprint density at radius 2 is 1.67 bits per heavy atom. The van der Waals surface area contributed by atoms with Crippen molar-refractivity contribution in [3.05, 3.63) is 59.2 Å². The number of hydrogen-bond acceptors (Lipinski definition) is 4. The van der Waals surface area contributed by atoms with Crippen LogP contribution in [0.15, 0.2) is 42.5 Å². The normalized spacial score (nSPS) is 10.2. The first-order chi connectivity index (χ1) is 11.4. The van der Waals surface area contributed by atoms with Gasteiger partial charge in [0.05, 0.1) is 11.3 Å². The lowest BCUT2D eigenvalue weighted by molar-refractivity contribution is -0.131. The second-order valence-electron chi connectivity index (χ2n) is 5.78. The predicted octanol–water partition coefficient (Wildman–Crippen LogP) is 3.29. The lowest BCUT2D eigenvalue weighted by atomic mass is 10.1. The molecule has 0 bridgehead atoms. The molecule has 0 saturated heterocycles. The van der Waals surface area contributed by atoms with Gasteiger partial charge in [-0.1, -0.05) is 24.3 Å². The largest absolute Gasteiger partial charge is 0.452 e. The van der Waals surface area contributed by atoms with E-state index in [1.54, 1.807) is 26.2 Å². The Morgan fingerprint density at radius 1 is 1.00 bits per heavy atom. The van der Waals surface area contributed by atoms with Gasteiger partial charge < -0.3 is 15.0 Å². The number of esters is 1. The third-order valence-electron chi connectivity index (χ3n) is 3.85. The smallest absolute Gasteiger partial charge is 0.340 e. The molecule has 0 fully saturated rings. The van der Waals surface area contributed by atoms with E-state index in [0.29, 0.717) is 11.3 Å². The number of anilines is 2. The van der Waals surface area contributed by atoms with Crippen LogP contribution in [0.4, 0.5) is 11.4 Å². The first-order valence-corrected chi connectivity index (χ1v) is 7.69. The second-order valence-corrected chi connectivity index (χ2v) is 5.78. The Morgan fingerprint density at radius 3 is 2.38 bits per heavy atom. The molecule has 2 aromatic carbocycles. The second kappa shape index (κ2) is 7.64. The number of amides is 1. The molecule has 0 saturated carbocycles. The SMILES string of the molecule is Cc1cccc(Nc2ccccc2C(=O)OCC(=O)N(C)C)c1C. The van der Waals surface area contributed by atoms with Crippen LogP contribution in [0.5, 0.6) is 0 Å². The Kier molecular flexibility index (Phi) is 5.58. The minimum atomic E-state index is -0.529. The molecule has 1 amide bonds. The molecule has 5 heteroatoms. The highest BCUT2D eigenvalue weighted by molar-refractivity contribution is 5.97. The molecule has 0 spiro atoms. The van der Waals surface area contributed by atoms with Crippen molar-refractivity contribution in [2.75, 3.05) is 26.0 Å². The van der Waals surface area contributed by atoms with Crippen LogP contribution >= 0.6 is 0 Å². The maximum atomic E-state index is 12.3. The molecule has 0 radical (unpaired) electrons. The molecule has 2 aromatic rings. The number of hydrogen-bond donors (Lipinski definition) is 1. The van der Waals surface area contributed by atoms with E-state index >= 15 is 0 Å². The standard InChI is InChI=1S/C19H22N2O3/c1-13-8-7-11-16(14(13)2)20-17-10-6-5-9-15(17)19(23)24-12-18(22)21(3)4/h5-11,20H,12H2,1-4H3. The summed E-state index contributed by atoms with van der Waals surface area (Å²) in [6.45, 7) is 3.78. The van der Waals surface area contributed by atoms with Gasteiger partial charge in [0.1, 0.15) is 0 Å². The van der Waals surface area contributed by atoms with Crippen LogP contribution in [0.25, 0.3) is 0 Å². The topological polar surface area (TPSA) is 58.6 Å². The summed E-state index contributed by atoms with van der Waals surface area (Å²) < 4.78 is 5.11. The van der Waals surface area contributed by atoms with Crippen molar-refractivity contribution >= 4 is 23.3 Å². The van der Waals surface area contributed by atoms with E-state index in [2.05, 4.69) is 5.32 Å². The average molecular weight is 326 g/mol. The van der Waals surface area contributed by atoms with Crippen LogP contribution in [0.2, 0.25) is 0 Å². The number of ether oxygens (including phenoxy) is 1. The number of aryl methyl sites for hydroxylation is 1. The highest BCUT2D eigenvalue weighted by Gasteiger charge is 2.15. The summed E-state index contributed by atoms with van der Waals surface area (Å²) in [6, 6.07) is 13.0. The van der Waals surface area contributed by atoms with Crippen molar-refractivity contribution in [2.24, 2.45) is 0 Å². The lowest BCUT2D eigenvalue weighted by Crippen LogP contribution is -2.27. The van der Waals surface area contributed by atoms with Gasteiger partial charge in [0.2, 0.25) is 0 Å². The molecule has 1 N–H and O–H groups in total. The summed E-state index contributed by atoms with van der Waals surface area (Å²) in [6.07, 6.45) is 0. The summed E-state index contributed by atoms with van der Waals surface area (Å²) in [5, 5.41) is 3.28. The maximum Gasteiger partial charge on any atom is 0.340 e. The van der Waals surface area contributed by atoms with E-state index in [1.807, 2.05) is 44.2 Å². The first-order valence-electron chi connectivity index (χ1n) is 7.69. The van der Waals surface area contributed by atoms with E-state index in [9.17, 15) is 9.59 Å². The van der Waals surface area contributed by atoms with E-state index in [-0.39, 0.29) is 12.5 Å². The van der Waals surface area contributed by atoms with Crippen molar-refractivity contribution in [1.29, 1.82) is 0 Å². The quantitative estimate of drug-likeness (QED) is 0.857. The summed E-state index contributed by atoms with van der Waals surface area (Å²) in [7, 11) is 3.23. The van der Waals surface area contributed by atoms with E-state index in [4.69, 9.17) is 4.74 Å². The number of likely N-dealkylation sites (N-methyl/N-ethyl adjacent to an activating group) is 1. The average Bonchev–Trinajstić information content (AvgIpc) is 2.57. The number of rotatable bonds is 5. The molecule has 2 rings (SSSR count). The molecule has 126 valence electrons. The maximum absolute atomic E-state index is 12.3. The predicted molar refractivity (Wildman–Crippen MR) is 94.6 cm³/mol. The van der Waals surface area contributed by atoms with Gasteiger partial charge in [-0.05, 0) is 43.2 Å². The molecule has 0 aromatic heterocycles. The van der Waals surface area contributed by atoms with Gasteiger partial charge in [0, 0.05) is 19.8 Å². The molecule has 0 atom stereocenters. The fourth-order valence-electron chi connectivity index (χ4n) is 2.14. The van der Waals surface area contributed by atoms with Crippen LogP contribution < -0.4 is 5.32 Å². The van der Waals surface area contributed by atoms with Crippen LogP contribution in [0.3, 0.4) is 0 Å². The molecule has 0 aliphatic rings. The number of carbonyl (C=O) groups is 2. The van der Waals surface area contributed by atoms with Gasteiger partial charge in [-0.15, -0.1) is 0 Å². The molecule has 0 aliphatic carbocycles. The molecule has 5 nitrogen and oxygen atoms in total. The summed E-state index contributed by atoms with van der Waals surface area (Å²) in [4.78, 5) is 25.3. The molecular formula is C19H22N2O3.